The van der Waals surface area contributed by atoms with Crippen molar-refractivity contribution in [2.75, 3.05) is 13.7 Å². The molecule has 0 aliphatic heterocycles. The van der Waals surface area contributed by atoms with Crippen LogP contribution in [0.2, 0.25) is 0 Å². The number of amides is 1. The SMILES string of the molecule is COC(=O)[C@H](Cc1cccc(OCc2ccccc2)c1)NC(=O)CO. The summed E-state index contributed by atoms with van der Waals surface area (Å²) in [4.78, 5) is 23.2. The third kappa shape index (κ3) is 5.93. The smallest absolute Gasteiger partial charge is 0.328 e. The topological polar surface area (TPSA) is 84.9 Å². The number of ether oxygens (including phenoxy) is 2. The Balaban J connectivity index is 2.03. The van der Waals surface area contributed by atoms with Crippen molar-refractivity contribution in [3.63, 3.8) is 0 Å². The standard InChI is InChI=1S/C19H21NO5/c1-24-19(23)17(20-18(22)12-21)11-15-8-5-9-16(10-15)25-13-14-6-3-2-4-7-14/h2-10,17,21H,11-13H2,1H3,(H,20,22)/t17-/m0/s1. The zero-order chi connectivity index (χ0) is 18.1. The van der Waals surface area contributed by atoms with Gasteiger partial charge in [-0.25, -0.2) is 4.79 Å². The van der Waals surface area contributed by atoms with Crippen LogP contribution in [0.5, 0.6) is 5.75 Å². The monoisotopic (exact) mass is 343 g/mol. The van der Waals surface area contributed by atoms with Crippen LogP contribution in [-0.2, 0) is 27.4 Å². The number of hydrogen-bond acceptors (Lipinski definition) is 5. The molecule has 6 nitrogen and oxygen atoms in total. The number of hydrogen-bond donors (Lipinski definition) is 2. The van der Waals surface area contributed by atoms with Gasteiger partial charge in [-0.05, 0) is 23.3 Å². The van der Waals surface area contributed by atoms with E-state index in [2.05, 4.69) is 5.32 Å². The first-order valence-electron chi connectivity index (χ1n) is 7.86. The molecule has 0 fully saturated rings. The van der Waals surface area contributed by atoms with Crippen LogP contribution in [-0.4, -0.2) is 36.7 Å². The number of rotatable bonds is 8. The van der Waals surface area contributed by atoms with Gasteiger partial charge in [-0.3, -0.25) is 4.79 Å². The van der Waals surface area contributed by atoms with E-state index in [4.69, 9.17) is 14.6 Å². The summed E-state index contributed by atoms with van der Waals surface area (Å²) in [5.41, 5.74) is 1.86. The van der Waals surface area contributed by atoms with Crippen molar-refractivity contribution in [1.29, 1.82) is 0 Å². The fraction of sp³-hybridized carbons (Fsp3) is 0.263. The second-order valence-corrected chi connectivity index (χ2v) is 5.43. The molecule has 0 saturated heterocycles. The maximum atomic E-state index is 11.8. The van der Waals surface area contributed by atoms with Crippen molar-refractivity contribution in [2.24, 2.45) is 0 Å². The minimum absolute atomic E-state index is 0.237. The second kappa shape index (κ2) is 9.44. The molecular weight excluding hydrogens is 322 g/mol. The van der Waals surface area contributed by atoms with Crippen LogP contribution >= 0.6 is 0 Å². The predicted octanol–water partition coefficient (Wildman–Crippen LogP) is 1.46. The molecule has 0 aliphatic carbocycles. The molecule has 2 aromatic rings. The van der Waals surface area contributed by atoms with Gasteiger partial charge in [0.05, 0.1) is 7.11 Å². The lowest BCUT2D eigenvalue weighted by molar-refractivity contribution is -0.145. The van der Waals surface area contributed by atoms with Gasteiger partial charge in [0.25, 0.3) is 0 Å². The number of benzene rings is 2. The van der Waals surface area contributed by atoms with Gasteiger partial charge < -0.3 is 19.9 Å². The van der Waals surface area contributed by atoms with Crippen LogP contribution in [0.15, 0.2) is 54.6 Å². The van der Waals surface area contributed by atoms with E-state index in [1.54, 1.807) is 0 Å². The summed E-state index contributed by atoms with van der Waals surface area (Å²) in [5.74, 6) is -0.539. The summed E-state index contributed by atoms with van der Waals surface area (Å²) >= 11 is 0. The Labute approximate surface area is 146 Å². The fourth-order valence-electron chi connectivity index (χ4n) is 2.31. The van der Waals surface area contributed by atoms with E-state index >= 15 is 0 Å². The van der Waals surface area contributed by atoms with Crippen molar-refractivity contribution in [1.82, 2.24) is 5.32 Å². The number of methoxy groups -OCH3 is 1. The van der Waals surface area contributed by atoms with E-state index in [1.165, 1.54) is 7.11 Å². The van der Waals surface area contributed by atoms with Gasteiger partial charge in [-0.2, -0.15) is 0 Å². The lowest BCUT2D eigenvalue weighted by Crippen LogP contribution is -2.44. The molecule has 0 unspecified atom stereocenters. The van der Waals surface area contributed by atoms with Gasteiger partial charge in [-0.15, -0.1) is 0 Å². The highest BCUT2D eigenvalue weighted by Crippen LogP contribution is 2.17. The highest BCUT2D eigenvalue weighted by molar-refractivity contribution is 5.85. The van der Waals surface area contributed by atoms with Crippen molar-refractivity contribution < 1.29 is 24.2 Å². The highest BCUT2D eigenvalue weighted by atomic mass is 16.5. The zero-order valence-corrected chi connectivity index (χ0v) is 14.0. The molecule has 6 heteroatoms. The van der Waals surface area contributed by atoms with Gasteiger partial charge in [0.1, 0.15) is 25.0 Å². The highest BCUT2D eigenvalue weighted by Gasteiger charge is 2.21. The lowest BCUT2D eigenvalue weighted by atomic mass is 10.1. The summed E-state index contributed by atoms with van der Waals surface area (Å²) in [6, 6.07) is 16.2. The van der Waals surface area contributed by atoms with Crippen molar-refractivity contribution >= 4 is 11.9 Å². The molecule has 132 valence electrons. The van der Waals surface area contributed by atoms with Gasteiger partial charge in [0.2, 0.25) is 5.91 Å². The van der Waals surface area contributed by atoms with Crippen LogP contribution in [0, 0.1) is 0 Å². The Bertz CT molecular complexity index is 702. The summed E-state index contributed by atoms with van der Waals surface area (Å²) in [5, 5.41) is 11.3. The van der Waals surface area contributed by atoms with Gasteiger partial charge in [-0.1, -0.05) is 42.5 Å². The molecule has 2 rings (SSSR count). The number of carbonyl (C=O) groups excluding carboxylic acids is 2. The summed E-state index contributed by atoms with van der Waals surface area (Å²) in [7, 11) is 1.25. The van der Waals surface area contributed by atoms with E-state index < -0.39 is 24.5 Å². The molecule has 0 spiro atoms. The Morgan fingerprint density at radius 2 is 1.80 bits per heavy atom. The quantitative estimate of drug-likeness (QED) is 0.709. The third-order valence-electron chi connectivity index (χ3n) is 3.55. The van der Waals surface area contributed by atoms with Crippen LogP contribution in [0.1, 0.15) is 11.1 Å². The molecule has 2 N–H and O–H groups in total. The van der Waals surface area contributed by atoms with Gasteiger partial charge >= 0.3 is 5.97 Å². The van der Waals surface area contributed by atoms with Crippen LogP contribution in [0.25, 0.3) is 0 Å². The molecule has 1 atom stereocenters. The van der Waals surface area contributed by atoms with Crippen LogP contribution in [0.4, 0.5) is 0 Å². The maximum Gasteiger partial charge on any atom is 0.328 e. The summed E-state index contributed by atoms with van der Waals surface area (Å²) < 4.78 is 10.5. The number of aliphatic hydroxyl groups is 1. The van der Waals surface area contributed by atoms with Crippen LogP contribution in [0.3, 0.4) is 0 Å². The molecule has 0 heterocycles. The van der Waals surface area contributed by atoms with Gasteiger partial charge in [0, 0.05) is 6.42 Å². The summed E-state index contributed by atoms with van der Waals surface area (Å²) in [6.07, 6.45) is 0.237. The Morgan fingerprint density at radius 1 is 1.08 bits per heavy atom. The molecule has 0 radical (unpaired) electrons. The molecule has 1 amide bonds. The Morgan fingerprint density at radius 3 is 2.48 bits per heavy atom. The average Bonchev–Trinajstić information content (AvgIpc) is 2.66. The Hall–Kier alpha value is -2.86. The van der Waals surface area contributed by atoms with E-state index in [0.29, 0.717) is 12.4 Å². The van der Waals surface area contributed by atoms with Crippen molar-refractivity contribution in [3.8, 4) is 5.75 Å². The normalized spacial score (nSPS) is 11.4. The van der Waals surface area contributed by atoms with Crippen molar-refractivity contribution in [2.45, 2.75) is 19.1 Å². The van der Waals surface area contributed by atoms with Crippen molar-refractivity contribution in [3.05, 3.63) is 65.7 Å². The second-order valence-electron chi connectivity index (χ2n) is 5.43. The molecule has 2 aromatic carbocycles. The number of nitrogens with one attached hydrogen (secondary N) is 1. The largest absolute Gasteiger partial charge is 0.489 e. The minimum Gasteiger partial charge on any atom is -0.489 e. The third-order valence-corrected chi connectivity index (χ3v) is 3.55. The number of carbonyl (C=O) groups is 2. The molecule has 0 saturated carbocycles. The van der Waals surface area contributed by atoms with Crippen LogP contribution < -0.4 is 10.1 Å². The lowest BCUT2D eigenvalue weighted by Gasteiger charge is -2.16. The van der Waals surface area contributed by atoms with E-state index in [1.807, 2.05) is 54.6 Å². The molecule has 0 bridgehead atoms. The maximum absolute atomic E-state index is 11.8. The van der Waals surface area contributed by atoms with E-state index in [9.17, 15) is 9.59 Å². The van der Waals surface area contributed by atoms with Gasteiger partial charge in [0.15, 0.2) is 0 Å². The molecule has 0 aromatic heterocycles. The minimum atomic E-state index is -0.867. The first-order chi connectivity index (χ1) is 12.1. The first-order valence-corrected chi connectivity index (χ1v) is 7.86. The molecular formula is C19H21NO5. The number of esters is 1. The fourth-order valence-corrected chi connectivity index (χ4v) is 2.31. The van der Waals surface area contributed by atoms with E-state index in [0.717, 1.165) is 11.1 Å². The Kier molecular flexibility index (Phi) is 6.98. The predicted molar refractivity (Wildman–Crippen MR) is 92.0 cm³/mol. The van der Waals surface area contributed by atoms with E-state index in [-0.39, 0.29) is 6.42 Å². The zero-order valence-electron chi connectivity index (χ0n) is 14.0. The molecule has 0 aliphatic rings. The number of aliphatic hydroxyl groups excluding tert-OH is 1. The average molecular weight is 343 g/mol. The first kappa shape index (κ1) is 18.5. The molecule has 25 heavy (non-hydrogen) atoms. The summed E-state index contributed by atoms with van der Waals surface area (Å²) in [6.45, 7) is -0.250.